The number of aliphatic carboxylic acids is 1. The van der Waals surface area contributed by atoms with Crippen molar-refractivity contribution in [3.8, 4) is 0 Å². The van der Waals surface area contributed by atoms with Gasteiger partial charge in [-0.05, 0) is 43.2 Å². The predicted octanol–water partition coefficient (Wildman–Crippen LogP) is 4.81. The highest BCUT2D eigenvalue weighted by atomic mass is 35.5. The predicted molar refractivity (Wildman–Crippen MR) is 86.9 cm³/mol. The van der Waals surface area contributed by atoms with Gasteiger partial charge in [-0.1, -0.05) is 50.4 Å². The molecule has 2 rings (SSSR count). The molecule has 21 heavy (non-hydrogen) atoms. The molecule has 2 atom stereocenters. The summed E-state index contributed by atoms with van der Waals surface area (Å²) in [6.07, 6.45) is 4.29. The number of carbonyl (C=O) groups is 1. The Morgan fingerprint density at radius 2 is 2.05 bits per heavy atom. The molecule has 116 valence electrons. The normalized spacial score (nSPS) is 26.4. The Kier molecular flexibility index (Phi) is 5.15. The summed E-state index contributed by atoms with van der Waals surface area (Å²) >= 11 is 6.17. The van der Waals surface area contributed by atoms with Crippen molar-refractivity contribution in [2.45, 2.75) is 51.5 Å². The molecule has 0 amide bonds. The molecule has 2 N–H and O–H groups in total. The molecule has 1 aromatic rings. The number of benzene rings is 1. The lowest BCUT2D eigenvalue weighted by molar-refractivity contribution is -0.142. The van der Waals surface area contributed by atoms with E-state index in [0.717, 1.165) is 19.3 Å². The number of nitrogens with one attached hydrogen (secondary N) is 1. The first-order chi connectivity index (χ1) is 9.94. The van der Waals surface area contributed by atoms with Crippen molar-refractivity contribution in [1.82, 2.24) is 0 Å². The summed E-state index contributed by atoms with van der Waals surface area (Å²) in [7, 11) is 0. The van der Waals surface area contributed by atoms with Crippen LogP contribution in [0.3, 0.4) is 0 Å². The SMILES string of the molecule is CC(C)C1CCCC(Nc2ccccc2Cl)(C(=O)O)CC1. The van der Waals surface area contributed by atoms with Gasteiger partial charge in [-0.3, -0.25) is 0 Å². The van der Waals surface area contributed by atoms with Crippen molar-refractivity contribution in [2.75, 3.05) is 5.32 Å². The molecule has 0 heterocycles. The van der Waals surface area contributed by atoms with Gasteiger partial charge in [0, 0.05) is 0 Å². The van der Waals surface area contributed by atoms with Crippen molar-refractivity contribution in [3.63, 3.8) is 0 Å². The van der Waals surface area contributed by atoms with Gasteiger partial charge in [0.05, 0.1) is 10.7 Å². The van der Waals surface area contributed by atoms with Crippen LogP contribution in [-0.2, 0) is 4.79 Å². The van der Waals surface area contributed by atoms with Crippen LogP contribution >= 0.6 is 11.6 Å². The van der Waals surface area contributed by atoms with Gasteiger partial charge >= 0.3 is 5.97 Å². The second-order valence-corrected chi connectivity index (χ2v) is 6.83. The molecule has 1 aliphatic rings. The minimum absolute atomic E-state index is 0.572. The molecule has 0 spiro atoms. The van der Waals surface area contributed by atoms with Crippen molar-refractivity contribution in [2.24, 2.45) is 11.8 Å². The molecule has 0 radical (unpaired) electrons. The fourth-order valence-corrected chi connectivity index (χ4v) is 3.43. The summed E-state index contributed by atoms with van der Waals surface area (Å²) in [5.41, 5.74) is -0.182. The lowest BCUT2D eigenvalue weighted by Gasteiger charge is -2.31. The third kappa shape index (κ3) is 3.70. The monoisotopic (exact) mass is 309 g/mol. The average Bonchev–Trinajstić information content (AvgIpc) is 2.65. The molecule has 4 heteroatoms. The van der Waals surface area contributed by atoms with Crippen molar-refractivity contribution >= 4 is 23.3 Å². The van der Waals surface area contributed by atoms with Gasteiger partial charge < -0.3 is 10.4 Å². The third-order valence-electron chi connectivity index (χ3n) is 4.72. The average molecular weight is 310 g/mol. The molecule has 0 aromatic heterocycles. The van der Waals surface area contributed by atoms with E-state index in [1.165, 1.54) is 0 Å². The van der Waals surface area contributed by atoms with Crippen molar-refractivity contribution in [1.29, 1.82) is 0 Å². The van der Waals surface area contributed by atoms with E-state index in [1.54, 1.807) is 6.07 Å². The summed E-state index contributed by atoms with van der Waals surface area (Å²) in [6.45, 7) is 4.44. The van der Waals surface area contributed by atoms with Crippen molar-refractivity contribution in [3.05, 3.63) is 29.3 Å². The van der Waals surface area contributed by atoms with E-state index in [0.29, 0.717) is 35.4 Å². The van der Waals surface area contributed by atoms with E-state index in [9.17, 15) is 9.90 Å². The Balaban J connectivity index is 2.21. The van der Waals surface area contributed by atoms with E-state index in [4.69, 9.17) is 11.6 Å². The highest BCUT2D eigenvalue weighted by molar-refractivity contribution is 6.33. The van der Waals surface area contributed by atoms with Crippen molar-refractivity contribution < 1.29 is 9.90 Å². The fourth-order valence-electron chi connectivity index (χ4n) is 3.25. The Morgan fingerprint density at radius 1 is 1.33 bits per heavy atom. The van der Waals surface area contributed by atoms with Gasteiger partial charge in [0.2, 0.25) is 0 Å². The number of anilines is 1. The van der Waals surface area contributed by atoms with E-state index in [-0.39, 0.29) is 0 Å². The molecule has 0 aliphatic heterocycles. The van der Waals surface area contributed by atoms with Gasteiger partial charge in [0.25, 0.3) is 0 Å². The first kappa shape index (κ1) is 16.2. The van der Waals surface area contributed by atoms with Crippen LogP contribution < -0.4 is 5.32 Å². The van der Waals surface area contributed by atoms with Gasteiger partial charge in [-0.2, -0.15) is 0 Å². The number of rotatable bonds is 4. The van der Waals surface area contributed by atoms with E-state index in [2.05, 4.69) is 19.2 Å². The second kappa shape index (κ2) is 6.69. The number of hydrogen-bond acceptors (Lipinski definition) is 2. The smallest absolute Gasteiger partial charge is 0.329 e. The molecular weight excluding hydrogens is 286 g/mol. The maximum atomic E-state index is 11.9. The molecule has 3 nitrogen and oxygen atoms in total. The van der Waals surface area contributed by atoms with Crippen LogP contribution in [0.15, 0.2) is 24.3 Å². The zero-order valence-electron chi connectivity index (χ0n) is 12.7. The topological polar surface area (TPSA) is 49.3 Å². The Labute approximate surface area is 131 Å². The quantitative estimate of drug-likeness (QED) is 0.785. The lowest BCUT2D eigenvalue weighted by Crippen LogP contribution is -2.46. The summed E-state index contributed by atoms with van der Waals surface area (Å²) in [5.74, 6) is 0.445. The fraction of sp³-hybridized carbons (Fsp3) is 0.588. The third-order valence-corrected chi connectivity index (χ3v) is 5.05. The molecule has 1 saturated carbocycles. The largest absolute Gasteiger partial charge is 0.480 e. The second-order valence-electron chi connectivity index (χ2n) is 6.43. The Bertz CT molecular complexity index is 503. The highest BCUT2D eigenvalue weighted by Gasteiger charge is 2.40. The Morgan fingerprint density at radius 3 is 2.67 bits per heavy atom. The van der Waals surface area contributed by atoms with Crippen LogP contribution in [0, 0.1) is 11.8 Å². The minimum Gasteiger partial charge on any atom is -0.480 e. The van der Waals surface area contributed by atoms with Gasteiger partial charge in [0.1, 0.15) is 5.54 Å². The Hall–Kier alpha value is -1.22. The van der Waals surface area contributed by atoms with Crippen LogP contribution in [0.2, 0.25) is 5.02 Å². The zero-order valence-corrected chi connectivity index (χ0v) is 13.5. The number of halogens is 1. The molecular formula is C17H24ClNO2. The summed E-state index contributed by atoms with van der Waals surface area (Å²) in [4.78, 5) is 11.9. The first-order valence-corrected chi connectivity index (χ1v) is 8.08. The zero-order chi connectivity index (χ0) is 15.5. The number of hydrogen-bond donors (Lipinski definition) is 2. The van der Waals surface area contributed by atoms with Crippen LogP contribution in [-0.4, -0.2) is 16.6 Å². The van der Waals surface area contributed by atoms with Gasteiger partial charge in [-0.25, -0.2) is 4.79 Å². The van der Waals surface area contributed by atoms with E-state index < -0.39 is 11.5 Å². The summed E-state index contributed by atoms with van der Waals surface area (Å²) in [5, 5.41) is 13.6. The molecule has 1 aliphatic carbocycles. The molecule has 2 unspecified atom stereocenters. The lowest BCUT2D eigenvalue weighted by atomic mass is 9.86. The summed E-state index contributed by atoms with van der Waals surface area (Å²) in [6, 6.07) is 7.35. The standard InChI is InChI=1S/C17H24ClNO2/c1-12(2)13-6-5-10-17(11-9-13,16(20)21)19-15-8-4-3-7-14(15)18/h3-4,7-8,12-13,19H,5-6,9-11H2,1-2H3,(H,20,21). The minimum atomic E-state index is -0.894. The number of carboxylic acids is 1. The maximum absolute atomic E-state index is 11.9. The van der Waals surface area contributed by atoms with Crippen LogP contribution in [0.1, 0.15) is 46.0 Å². The maximum Gasteiger partial charge on any atom is 0.329 e. The van der Waals surface area contributed by atoms with Gasteiger partial charge in [-0.15, -0.1) is 0 Å². The van der Waals surface area contributed by atoms with Gasteiger partial charge in [0.15, 0.2) is 0 Å². The number of para-hydroxylation sites is 1. The highest BCUT2D eigenvalue weighted by Crippen LogP contribution is 2.37. The van der Waals surface area contributed by atoms with E-state index in [1.807, 2.05) is 18.2 Å². The molecule has 0 saturated heterocycles. The molecule has 1 aromatic carbocycles. The number of carboxylic acid groups (broad SMARTS) is 1. The molecule has 1 fully saturated rings. The van der Waals surface area contributed by atoms with E-state index >= 15 is 0 Å². The van der Waals surface area contributed by atoms with Crippen LogP contribution in [0.4, 0.5) is 5.69 Å². The first-order valence-electron chi connectivity index (χ1n) is 7.71. The molecule has 0 bridgehead atoms. The summed E-state index contributed by atoms with van der Waals surface area (Å²) < 4.78 is 0. The van der Waals surface area contributed by atoms with Crippen LogP contribution in [0.5, 0.6) is 0 Å². The van der Waals surface area contributed by atoms with Crippen LogP contribution in [0.25, 0.3) is 0 Å².